The molecule has 0 spiro atoms. The fourth-order valence-electron chi connectivity index (χ4n) is 3.07. The second-order valence-electron chi connectivity index (χ2n) is 7.96. The Kier molecular flexibility index (Phi) is 5.11. The van der Waals surface area contributed by atoms with Crippen molar-refractivity contribution in [1.29, 1.82) is 0 Å². The summed E-state index contributed by atoms with van der Waals surface area (Å²) in [6.07, 6.45) is 0.644. The Morgan fingerprint density at radius 2 is 1.96 bits per heavy atom. The Hall–Kier alpha value is -1.51. The molecule has 2 aromatic rings. The molecular weight excluding hydrogens is 370 g/mol. The predicted molar refractivity (Wildman–Crippen MR) is 104 cm³/mol. The predicted octanol–water partition coefficient (Wildman–Crippen LogP) is 3.25. The molecule has 0 saturated carbocycles. The maximum atomic E-state index is 11.7. The Balaban J connectivity index is 1.76. The van der Waals surface area contributed by atoms with Crippen molar-refractivity contribution in [3.05, 3.63) is 34.7 Å². The van der Waals surface area contributed by atoms with E-state index in [9.17, 15) is 8.42 Å². The summed E-state index contributed by atoms with van der Waals surface area (Å²) in [6, 6.07) is 8.11. The number of nitrogens with zero attached hydrogens (tertiary/aromatic N) is 3. The maximum absolute atomic E-state index is 11.7. The van der Waals surface area contributed by atoms with E-state index >= 15 is 0 Å². The van der Waals surface area contributed by atoms with E-state index in [4.69, 9.17) is 16.6 Å². The lowest BCUT2D eigenvalue weighted by Crippen LogP contribution is -2.34. The average molecular weight is 396 g/mol. The first kappa shape index (κ1) is 19.3. The minimum Gasteiger partial charge on any atom is -0.409 e. The third kappa shape index (κ3) is 4.24. The largest absolute Gasteiger partial charge is 0.409 e. The van der Waals surface area contributed by atoms with E-state index in [1.807, 2.05) is 24.1 Å². The number of hydrogen-bond acceptors (Lipinski definition) is 6. The zero-order valence-corrected chi connectivity index (χ0v) is 17.2. The lowest BCUT2D eigenvalue weighted by molar-refractivity contribution is 0.194. The van der Waals surface area contributed by atoms with Crippen LogP contribution in [0.2, 0.25) is 0 Å². The molecule has 1 aliphatic rings. The van der Waals surface area contributed by atoms with Gasteiger partial charge in [0.25, 0.3) is 4.84 Å². The number of rotatable bonds is 4. The van der Waals surface area contributed by atoms with Gasteiger partial charge in [0.1, 0.15) is 0 Å². The third-order valence-corrected chi connectivity index (χ3v) is 6.84. The van der Waals surface area contributed by atoms with Crippen LogP contribution >= 0.6 is 12.2 Å². The van der Waals surface area contributed by atoms with Crippen molar-refractivity contribution in [3.63, 3.8) is 0 Å². The van der Waals surface area contributed by atoms with Gasteiger partial charge < -0.3 is 4.42 Å². The first-order chi connectivity index (χ1) is 12.0. The zero-order chi connectivity index (χ0) is 19.1. The highest BCUT2D eigenvalue weighted by Crippen LogP contribution is 2.26. The molecule has 1 fully saturated rings. The molecule has 2 heterocycles. The number of hydrogen-bond donors (Lipinski definition) is 0. The molecule has 0 amide bonds. The molecule has 1 atom stereocenters. The van der Waals surface area contributed by atoms with Crippen molar-refractivity contribution in [2.45, 2.75) is 45.3 Å². The van der Waals surface area contributed by atoms with Crippen molar-refractivity contribution in [1.82, 2.24) is 14.7 Å². The van der Waals surface area contributed by atoms with Gasteiger partial charge in [0.2, 0.25) is 5.89 Å². The van der Waals surface area contributed by atoms with E-state index in [2.05, 4.69) is 38.0 Å². The van der Waals surface area contributed by atoms with Gasteiger partial charge in [-0.1, -0.05) is 32.9 Å². The summed E-state index contributed by atoms with van der Waals surface area (Å²) in [4.78, 5) is 2.25. The van der Waals surface area contributed by atoms with E-state index in [1.165, 1.54) is 5.56 Å². The molecule has 142 valence electrons. The summed E-state index contributed by atoms with van der Waals surface area (Å²) in [6.45, 7) is 6.91. The minimum atomic E-state index is -2.92. The SMILES string of the molecule is CN(Cn1nc(-c2ccc(C(C)(C)C)cc2)oc1=S)[C@@H]1CCS(=O)(=O)C1. The lowest BCUT2D eigenvalue weighted by atomic mass is 9.87. The first-order valence-electron chi connectivity index (χ1n) is 8.65. The molecule has 0 radical (unpaired) electrons. The summed E-state index contributed by atoms with van der Waals surface area (Å²) in [5.41, 5.74) is 2.19. The fourth-order valence-corrected chi connectivity index (χ4v) is 5.06. The first-order valence-corrected chi connectivity index (χ1v) is 10.9. The molecule has 0 N–H and O–H groups in total. The summed E-state index contributed by atoms with van der Waals surface area (Å²) in [5, 5.41) is 4.47. The van der Waals surface area contributed by atoms with Crippen molar-refractivity contribution < 1.29 is 12.8 Å². The quantitative estimate of drug-likeness (QED) is 0.740. The van der Waals surface area contributed by atoms with Crippen LogP contribution in [-0.4, -0.2) is 47.7 Å². The third-order valence-electron chi connectivity index (χ3n) is 4.79. The Morgan fingerprint density at radius 1 is 1.31 bits per heavy atom. The molecule has 6 nitrogen and oxygen atoms in total. The number of aromatic nitrogens is 2. The van der Waals surface area contributed by atoms with E-state index in [-0.39, 0.29) is 27.8 Å². The number of sulfone groups is 1. The van der Waals surface area contributed by atoms with E-state index in [0.29, 0.717) is 19.0 Å². The van der Waals surface area contributed by atoms with Crippen LogP contribution in [0.25, 0.3) is 11.5 Å². The van der Waals surface area contributed by atoms with Gasteiger partial charge in [0.05, 0.1) is 18.2 Å². The zero-order valence-electron chi connectivity index (χ0n) is 15.6. The molecule has 26 heavy (non-hydrogen) atoms. The molecule has 1 aromatic heterocycles. The molecule has 1 saturated heterocycles. The van der Waals surface area contributed by atoms with Crippen LogP contribution in [0.5, 0.6) is 0 Å². The summed E-state index contributed by atoms with van der Waals surface area (Å²) < 4.78 is 30.6. The normalized spacial score (nSPS) is 20.0. The Labute approximate surface area is 159 Å². The average Bonchev–Trinajstić information content (AvgIpc) is 3.09. The summed E-state index contributed by atoms with van der Waals surface area (Å²) in [7, 11) is -1.03. The Bertz CT molecular complexity index is 937. The standard InChI is InChI=1S/C18H25N3O3S2/c1-18(2,3)14-7-5-13(6-8-14)16-19-21(17(25)24-16)12-20(4)15-9-10-26(22,23)11-15/h5-8,15H,9-12H2,1-4H3/t15-/m1/s1. The van der Waals surface area contributed by atoms with E-state index < -0.39 is 9.84 Å². The van der Waals surface area contributed by atoms with Crippen LogP contribution in [0.1, 0.15) is 32.8 Å². The van der Waals surface area contributed by atoms with Gasteiger partial charge >= 0.3 is 0 Å². The fraction of sp³-hybridized carbons (Fsp3) is 0.556. The van der Waals surface area contributed by atoms with E-state index in [0.717, 1.165) is 5.56 Å². The molecule has 3 rings (SSSR count). The van der Waals surface area contributed by atoms with Crippen LogP contribution in [0.15, 0.2) is 28.7 Å². The summed E-state index contributed by atoms with van der Waals surface area (Å²) in [5.74, 6) is 0.913. The van der Waals surface area contributed by atoms with Gasteiger partial charge in [0, 0.05) is 11.6 Å². The van der Waals surface area contributed by atoms with Crippen LogP contribution in [-0.2, 0) is 21.9 Å². The molecule has 0 unspecified atom stereocenters. The highest BCUT2D eigenvalue weighted by Gasteiger charge is 2.31. The van der Waals surface area contributed by atoms with Crippen LogP contribution < -0.4 is 0 Å². The summed E-state index contributed by atoms with van der Waals surface area (Å²) >= 11 is 5.28. The van der Waals surface area contributed by atoms with Gasteiger partial charge in [-0.2, -0.15) is 0 Å². The lowest BCUT2D eigenvalue weighted by Gasteiger charge is -2.22. The Morgan fingerprint density at radius 3 is 2.50 bits per heavy atom. The van der Waals surface area contributed by atoms with Crippen molar-refractivity contribution in [2.75, 3.05) is 18.6 Å². The highest BCUT2D eigenvalue weighted by molar-refractivity contribution is 7.91. The van der Waals surface area contributed by atoms with Crippen LogP contribution in [0.4, 0.5) is 0 Å². The number of benzene rings is 1. The molecule has 0 aliphatic carbocycles. The van der Waals surface area contributed by atoms with Crippen molar-refractivity contribution in [2.24, 2.45) is 0 Å². The second-order valence-corrected chi connectivity index (χ2v) is 10.5. The van der Waals surface area contributed by atoms with Gasteiger partial charge in [-0.05, 0) is 48.8 Å². The van der Waals surface area contributed by atoms with E-state index in [1.54, 1.807) is 4.68 Å². The smallest absolute Gasteiger partial charge is 0.288 e. The topological polar surface area (TPSA) is 68.3 Å². The van der Waals surface area contributed by atoms with Gasteiger partial charge in [-0.3, -0.25) is 4.90 Å². The van der Waals surface area contributed by atoms with Crippen molar-refractivity contribution >= 4 is 22.1 Å². The molecule has 1 aromatic carbocycles. The van der Waals surface area contributed by atoms with Crippen LogP contribution in [0.3, 0.4) is 0 Å². The molecule has 0 bridgehead atoms. The van der Waals surface area contributed by atoms with Gasteiger partial charge in [-0.25, -0.2) is 13.1 Å². The monoisotopic (exact) mass is 395 g/mol. The molecular formula is C18H25N3O3S2. The van der Waals surface area contributed by atoms with Crippen LogP contribution in [0, 0.1) is 4.84 Å². The van der Waals surface area contributed by atoms with Gasteiger partial charge in [-0.15, -0.1) is 5.10 Å². The highest BCUT2D eigenvalue weighted by atomic mass is 32.2. The van der Waals surface area contributed by atoms with Gasteiger partial charge in [0.15, 0.2) is 9.84 Å². The minimum absolute atomic E-state index is 0.00637. The second kappa shape index (κ2) is 6.90. The molecule has 8 heteroatoms. The molecule has 1 aliphatic heterocycles. The van der Waals surface area contributed by atoms with Crippen molar-refractivity contribution in [3.8, 4) is 11.5 Å². The maximum Gasteiger partial charge on any atom is 0.288 e.